The highest BCUT2D eigenvalue weighted by Crippen LogP contribution is 2.08. The number of hydrogen-bond donors (Lipinski definition) is 0. The van der Waals surface area contributed by atoms with Crippen LogP contribution < -0.4 is 0 Å². The third kappa shape index (κ3) is 21.7. The predicted octanol–water partition coefficient (Wildman–Crippen LogP) is 3.83. The number of rotatable bonds is 12. The Morgan fingerprint density at radius 3 is 1.25 bits per heavy atom. The average Bonchev–Trinajstić information content (AvgIpc) is 2.48. The van der Waals surface area contributed by atoms with Crippen LogP contribution in [0.2, 0.25) is 0 Å². The van der Waals surface area contributed by atoms with Crippen molar-refractivity contribution < 1.29 is 0 Å². The molecule has 2 radical (unpaired) electrons. The summed E-state index contributed by atoms with van der Waals surface area (Å²) in [7, 11) is 4.27. The lowest BCUT2D eigenvalue weighted by atomic mass is 10.7. The van der Waals surface area contributed by atoms with Crippen LogP contribution >= 0.6 is 46.5 Å². The van der Waals surface area contributed by atoms with Crippen molar-refractivity contribution in [3.8, 4) is 0 Å². The first kappa shape index (κ1) is 23.7. The minimum Gasteiger partial charge on any atom is -0.298 e. The second kappa shape index (κ2) is 20.4. The fourth-order valence-electron chi connectivity index (χ4n) is 0.730. The third-order valence-electron chi connectivity index (χ3n) is 2.28. The lowest BCUT2D eigenvalue weighted by Gasteiger charge is -2.11. The second-order valence-electron chi connectivity index (χ2n) is 4.04. The van der Waals surface area contributed by atoms with E-state index in [0.29, 0.717) is 0 Å². The van der Waals surface area contributed by atoms with E-state index in [4.69, 9.17) is 0 Å². The quantitative estimate of drug-likeness (QED) is 0.297. The molecule has 0 fully saturated rings. The summed E-state index contributed by atoms with van der Waals surface area (Å²) in [6, 6.07) is 0. The molecule has 0 rings (SSSR count). The van der Waals surface area contributed by atoms with Gasteiger partial charge in [0, 0.05) is 11.8 Å². The van der Waals surface area contributed by atoms with E-state index in [0.717, 1.165) is 24.8 Å². The van der Waals surface area contributed by atoms with E-state index in [-0.39, 0.29) is 0 Å². The van der Waals surface area contributed by atoms with Crippen LogP contribution in [0.15, 0.2) is 0 Å². The molecule has 0 N–H and O–H groups in total. The summed E-state index contributed by atoms with van der Waals surface area (Å²) in [5, 5.41) is 0. The first-order valence-electron chi connectivity index (χ1n) is 7.09. The van der Waals surface area contributed by atoms with Crippen molar-refractivity contribution in [3.05, 3.63) is 0 Å². The largest absolute Gasteiger partial charge is 0.298 e. The van der Waals surface area contributed by atoms with Crippen LogP contribution in [0.1, 0.15) is 27.7 Å². The van der Waals surface area contributed by atoms with Crippen molar-refractivity contribution in [2.24, 2.45) is 0 Å². The van der Waals surface area contributed by atoms with E-state index < -0.39 is 0 Å². The molecule has 8 heteroatoms. The molecule has 0 aromatic rings. The zero-order valence-corrected chi connectivity index (χ0v) is 17.2. The Hall–Kier alpha value is 1.45. The minimum absolute atomic E-state index is 1.11. The lowest BCUT2D eigenvalue weighted by Crippen LogP contribution is -2.16. The van der Waals surface area contributed by atoms with Gasteiger partial charge in [-0.2, -0.15) is 23.2 Å². The molecule has 0 aliphatic rings. The first-order valence-corrected chi connectivity index (χ1v) is 11.3. The van der Waals surface area contributed by atoms with Gasteiger partial charge < -0.3 is 0 Å². The van der Waals surface area contributed by atoms with Crippen molar-refractivity contribution >= 4 is 58.1 Å². The van der Waals surface area contributed by atoms with Gasteiger partial charge in [-0.15, -0.1) is 0 Å². The molecule has 2 nitrogen and oxygen atoms in total. The van der Waals surface area contributed by atoms with Gasteiger partial charge in [0.25, 0.3) is 11.7 Å². The molecule has 118 valence electrons. The molecule has 0 aromatic heterocycles. The molecule has 0 heterocycles. The average molecular weight is 352 g/mol. The lowest BCUT2D eigenvalue weighted by molar-refractivity contribution is 0.417. The van der Waals surface area contributed by atoms with E-state index in [1.165, 1.54) is 11.5 Å². The third-order valence-corrected chi connectivity index (χ3v) is 6.30. The standard InChI is InChI=1S/2C6H15BNS2/c2*1-4-8(3)6-10-7-9-5-2/h2*4-6H2,1-3H3. The Morgan fingerprint density at radius 2 is 1.00 bits per heavy atom. The maximum absolute atomic E-state index is 2.29. The molecule has 0 saturated heterocycles. The van der Waals surface area contributed by atoms with Crippen LogP contribution in [0.3, 0.4) is 0 Å². The molecule has 0 aliphatic carbocycles. The summed E-state index contributed by atoms with van der Waals surface area (Å²) in [6.45, 7) is 11.0. The monoisotopic (exact) mass is 352 g/mol. The van der Waals surface area contributed by atoms with Crippen molar-refractivity contribution in [1.82, 2.24) is 9.80 Å². The molecule has 0 amide bonds. The molecule has 0 atom stereocenters. The van der Waals surface area contributed by atoms with Crippen LogP contribution in [0, 0.1) is 0 Å². The van der Waals surface area contributed by atoms with Gasteiger partial charge in [-0.05, 0) is 38.7 Å². The predicted molar refractivity (Wildman–Crippen MR) is 109 cm³/mol. The second-order valence-corrected chi connectivity index (χ2v) is 8.58. The Morgan fingerprint density at radius 1 is 0.650 bits per heavy atom. The van der Waals surface area contributed by atoms with E-state index in [9.17, 15) is 0 Å². The van der Waals surface area contributed by atoms with Gasteiger partial charge in [-0.3, -0.25) is 9.80 Å². The van der Waals surface area contributed by atoms with Crippen LogP contribution in [0.5, 0.6) is 0 Å². The topological polar surface area (TPSA) is 6.48 Å². The van der Waals surface area contributed by atoms with E-state index >= 15 is 0 Å². The van der Waals surface area contributed by atoms with Crippen molar-refractivity contribution in [3.63, 3.8) is 0 Å². The van der Waals surface area contributed by atoms with Crippen LogP contribution in [-0.2, 0) is 0 Å². The van der Waals surface area contributed by atoms with Gasteiger partial charge in [-0.25, -0.2) is 23.2 Å². The summed E-state index contributed by atoms with van der Waals surface area (Å²) < 4.78 is 0. The van der Waals surface area contributed by atoms with Gasteiger partial charge in [0.05, 0.1) is 0 Å². The van der Waals surface area contributed by atoms with E-state index in [1.54, 1.807) is 0 Å². The van der Waals surface area contributed by atoms with Gasteiger partial charge in [0.15, 0.2) is 0 Å². The zero-order valence-electron chi connectivity index (χ0n) is 13.9. The molecule has 0 aromatic carbocycles. The van der Waals surface area contributed by atoms with Gasteiger partial charge in [0.1, 0.15) is 0 Å². The van der Waals surface area contributed by atoms with E-state index in [2.05, 4.69) is 63.3 Å². The molecule has 0 spiro atoms. The molecule has 0 unspecified atom stereocenters. The molecule has 0 saturated carbocycles. The summed E-state index contributed by atoms with van der Waals surface area (Å²) in [5.74, 6) is 9.02. The fraction of sp³-hybridized carbons (Fsp3) is 1.00. The number of hydrogen-bond acceptors (Lipinski definition) is 6. The Bertz CT molecular complexity index is 164. The highest BCUT2D eigenvalue weighted by Gasteiger charge is 1.95. The SMILES string of the molecule is CCS[B]SCN(C)CC.CCS[B]SCN(C)CC. The fourth-order valence-corrected chi connectivity index (χ4v) is 3.95. The van der Waals surface area contributed by atoms with Crippen molar-refractivity contribution in [2.75, 3.05) is 50.4 Å². The highest BCUT2D eigenvalue weighted by atomic mass is 32.2. The van der Waals surface area contributed by atoms with Crippen LogP contribution in [0.25, 0.3) is 0 Å². The minimum atomic E-state index is 1.11. The molecular weight excluding hydrogens is 322 g/mol. The summed E-state index contributed by atoms with van der Waals surface area (Å²) in [5.41, 5.74) is 0. The molecular formula is C12H30B2N2S4. The first-order chi connectivity index (χ1) is 9.62. The molecule has 0 bridgehead atoms. The van der Waals surface area contributed by atoms with Crippen molar-refractivity contribution in [2.45, 2.75) is 27.7 Å². The Labute approximate surface area is 145 Å². The van der Waals surface area contributed by atoms with Gasteiger partial charge >= 0.3 is 0 Å². The smallest absolute Gasteiger partial charge is 0.269 e. The maximum Gasteiger partial charge on any atom is 0.269 e. The zero-order chi connectivity index (χ0) is 15.6. The molecule has 0 aliphatic heterocycles. The summed E-state index contributed by atoms with van der Waals surface area (Å²) in [6.07, 6.45) is 0. The molecule has 20 heavy (non-hydrogen) atoms. The van der Waals surface area contributed by atoms with Crippen LogP contribution in [-0.4, -0.2) is 71.9 Å². The van der Waals surface area contributed by atoms with E-state index in [1.807, 2.05) is 46.5 Å². The Kier molecular flexibility index (Phi) is 24.2. The van der Waals surface area contributed by atoms with Gasteiger partial charge in [0.2, 0.25) is 0 Å². The maximum atomic E-state index is 2.29. The number of nitrogens with zero attached hydrogens (tertiary/aromatic N) is 2. The van der Waals surface area contributed by atoms with Crippen LogP contribution in [0.4, 0.5) is 0 Å². The van der Waals surface area contributed by atoms with Crippen molar-refractivity contribution in [1.29, 1.82) is 0 Å². The summed E-state index contributed by atoms with van der Waals surface area (Å²) >= 11 is 7.49. The Balaban J connectivity index is 0. The normalized spacial score (nSPS) is 10.4. The summed E-state index contributed by atoms with van der Waals surface area (Å²) in [4.78, 5) is 4.58. The highest BCUT2D eigenvalue weighted by molar-refractivity contribution is 8.50. The van der Waals surface area contributed by atoms with Gasteiger partial charge in [-0.1, -0.05) is 27.7 Å².